The number of nitrogens with one attached hydrogen (secondary N) is 1. The summed E-state index contributed by atoms with van der Waals surface area (Å²) in [5, 5.41) is 0.578. The maximum atomic E-state index is 12.3. The summed E-state index contributed by atoms with van der Waals surface area (Å²) in [5.41, 5.74) is 7.21. The standard InChI is InChI=1S/C14H18ClN3O2S/c1-2-18-10-14(7-13(18)8-16)21(19,20)17-9-11-4-3-5-12(15)6-11/h3-7,10,17H,2,8-9,16H2,1H3. The highest BCUT2D eigenvalue weighted by atomic mass is 35.5. The summed E-state index contributed by atoms with van der Waals surface area (Å²) in [5.74, 6) is 0. The average molecular weight is 328 g/mol. The van der Waals surface area contributed by atoms with E-state index in [9.17, 15) is 8.42 Å². The fourth-order valence-corrected chi connectivity index (χ4v) is 3.34. The van der Waals surface area contributed by atoms with Crippen molar-refractivity contribution in [1.82, 2.24) is 9.29 Å². The van der Waals surface area contributed by atoms with E-state index in [-0.39, 0.29) is 11.4 Å². The number of nitrogens with zero attached hydrogens (tertiary/aromatic N) is 1. The van der Waals surface area contributed by atoms with Crippen molar-refractivity contribution >= 4 is 21.6 Å². The van der Waals surface area contributed by atoms with Crippen LogP contribution in [-0.2, 0) is 29.7 Å². The van der Waals surface area contributed by atoms with Crippen LogP contribution in [0.25, 0.3) is 0 Å². The van der Waals surface area contributed by atoms with Crippen molar-refractivity contribution in [2.75, 3.05) is 0 Å². The molecule has 0 bridgehead atoms. The lowest BCUT2D eigenvalue weighted by Gasteiger charge is -2.05. The van der Waals surface area contributed by atoms with Crippen molar-refractivity contribution < 1.29 is 8.42 Å². The van der Waals surface area contributed by atoms with E-state index in [2.05, 4.69) is 4.72 Å². The third kappa shape index (κ3) is 3.85. The predicted molar refractivity (Wildman–Crippen MR) is 83.5 cm³/mol. The minimum atomic E-state index is -3.56. The van der Waals surface area contributed by atoms with Crippen molar-refractivity contribution in [3.63, 3.8) is 0 Å². The number of aryl methyl sites for hydroxylation is 1. The molecule has 21 heavy (non-hydrogen) atoms. The molecule has 2 rings (SSSR count). The first-order valence-corrected chi connectivity index (χ1v) is 8.45. The maximum Gasteiger partial charge on any atom is 0.242 e. The smallest absolute Gasteiger partial charge is 0.242 e. The van der Waals surface area contributed by atoms with Crippen LogP contribution < -0.4 is 10.5 Å². The van der Waals surface area contributed by atoms with Crippen LogP contribution in [0.5, 0.6) is 0 Å². The van der Waals surface area contributed by atoms with Gasteiger partial charge in [0, 0.05) is 36.5 Å². The SMILES string of the molecule is CCn1cc(S(=O)(=O)NCc2cccc(Cl)c2)cc1CN. The van der Waals surface area contributed by atoms with Gasteiger partial charge in [-0.1, -0.05) is 23.7 Å². The predicted octanol–water partition coefficient (Wildman–Crippen LogP) is 2.10. The van der Waals surface area contributed by atoms with Gasteiger partial charge in [0.05, 0.1) is 4.90 Å². The second-order valence-electron chi connectivity index (χ2n) is 4.61. The third-order valence-electron chi connectivity index (χ3n) is 3.18. The number of halogens is 1. The van der Waals surface area contributed by atoms with Gasteiger partial charge in [0.1, 0.15) is 0 Å². The second kappa shape index (κ2) is 6.62. The van der Waals surface area contributed by atoms with E-state index in [1.807, 2.05) is 17.6 Å². The number of rotatable bonds is 6. The fraction of sp³-hybridized carbons (Fsp3) is 0.286. The Hall–Kier alpha value is -1.34. The number of hydrogen-bond acceptors (Lipinski definition) is 3. The fourth-order valence-electron chi connectivity index (χ4n) is 2.05. The van der Waals surface area contributed by atoms with Crippen LogP contribution >= 0.6 is 11.6 Å². The Morgan fingerprint density at radius 3 is 2.67 bits per heavy atom. The van der Waals surface area contributed by atoms with E-state index in [0.717, 1.165) is 11.3 Å². The minimum absolute atomic E-state index is 0.193. The first-order chi connectivity index (χ1) is 9.96. The van der Waals surface area contributed by atoms with Gasteiger partial charge >= 0.3 is 0 Å². The molecule has 0 aliphatic carbocycles. The number of sulfonamides is 1. The number of nitrogens with two attached hydrogens (primary N) is 1. The van der Waals surface area contributed by atoms with Gasteiger partial charge in [0.25, 0.3) is 0 Å². The van der Waals surface area contributed by atoms with Crippen molar-refractivity contribution in [2.24, 2.45) is 5.73 Å². The average Bonchev–Trinajstić information content (AvgIpc) is 2.89. The van der Waals surface area contributed by atoms with Crippen LogP contribution in [-0.4, -0.2) is 13.0 Å². The molecule has 1 heterocycles. The Bertz CT molecular complexity index is 704. The second-order valence-corrected chi connectivity index (χ2v) is 6.82. The summed E-state index contributed by atoms with van der Waals surface area (Å²) in [4.78, 5) is 0.229. The highest BCUT2D eigenvalue weighted by Gasteiger charge is 2.17. The normalized spacial score (nSPS) is 11.8. The minimum Gasteiger partial charge on any atom is -0.349 e. The lowest BCUT2D eigenvalue weighted by atomic mass is 10.2. The lowest BCUT2D eigenvalue weighted by molar-refractivity contribution is 0.581. The molecule has 5 nitrogen and oxygen atoms in total. The van der Waals surface area contributed by atoms with Gasteiger partial charge in [-0.15, -0.1) is 0 Å². The van der Waals surface area contributed by atoms with Crippen LogP contribution in [0.3, 0.4) is 0 Å². The molecule has 2 aromatic rings. The molecule has 0 spiro atoms. The topological polar surface area (TPSA) is 77.1 Å². The first-order valence-electron chi connectivity index (χ1n) is 6.59. The summed E-state index contributed by atoms with van der Waals surface area (Å²) >= 11 is 5.88. The Morgan fingerprint density at radius 2 is 2.10 bits per heavy atom. The molecule has 0 radical (unpaired) electrons. The zero-order chi connectivity index (χ0) is 15.5. The summed E-state index contributed by atoms with van der Waals surface area (Å²) in [7, 11) is -3.56. The van der Waals surface area contributed by atoms with Gasteiger partial charge in [0.15, 0.2) is 0 Å². The molecular formula is C14H18ClN3O2S. The van der Waals surface area contributed by atoms with Gasteiger partial charge < -0.3 is 10.3 Å². The van der Waals surface area contributed by atoms with Gasteiger partial charge in [-0.05, 0) is 30.7 Å². The molecule has 1 aromatic carbocycles. The molecule has 0 unspecified atom stereocenters. The highest BCUT2D eigenvalue weighted by Crippen LogP contribution is 2.16. The quantitative estimate of drug-likeness (QED) is 0.853. The van der Waals surface area contributed by atoms with Crippen molar-refractivity contribution in [3.05, 3.63) is 52.8 Å². The molecule has 0 aliphatic rings. The molecule has 114 valence electrons. The summed E-state index contributed by atoms with van der Waals surface area (Å²) in [6, 6.07) is 8.67. The van der Waals surface area contributed by atoms with Crippen molar-refractivity contribution in [3.8, 4) is 0 Å². The largest absolute Gasteiger partial charge is 0.349 e. The molecule has 0 amide bonds. The zero-order valence-electron chi connectivity index (χ0n) is 11.7. The number of aromatic nitrogens is 1. The van der Waals surface area contributed by atoms with Gasteiger partial charge in [-0.3, -0.25) is 0 Å². The van der Waals surface area contributed by atoms with Crippen molar-refractivity contribution in [2.45, 2.75) is 31.5 Å². The van der Waals surface area contributed by atoms with E-state index < -0.39 is 10.0 Å². The van der Waals surface area contributed by atoms with Gasteiger partial charge in [0.2, 0.25) is 10.0 Å². The monoisotopic (exact) mass is 327 g/mol. The van der Waals surface area contributed by atoms with E-state index >= 15 is 0 Å². The Kier molecular flexibility index (Phi) is 5.05. The van der Waals surface area contributed by atoms with Gasteiger partial charge in [-0.2, -0.15) is 0 Å². The van der Waals surface area contributed by atoms with Crippen LogP contribution in [0.4, 0.5) is 0 Å². The lowest BCUT2D eigenvalue weighted by Crippen LogP contribution is -2.22. The molecule has 0 aliphatic heterocycles. The molecule has 0 saturated carbocycles. The van der Waals surface area contributed by atoms with Crippen molar-refractivity contribution in [1.29, 1.82) is 0 Å². The number of benzene rings is 1. The van der Waals surface area contributed by atoms with Crippen LogP contribution in [0.15, 0.2) is 41.4 Å². The van der Waals surface area contributed by atoms with E-state index in [1.54, 1.807) is 30.5 Å². The Labute approximate surface area is 129 Å². The summed E-state index contributed by atoms with van der Waals surface area (Å²) in [6.45, 7) is 3.11. The third-order valence-corrected chi connectivity index (χ3v) is 4.78. The van der Waals surface area contributed by atoms with Crippen LogP contribution in [0.2, 0.25) is 5.02 Å². The molecule has 0 saturated heterocycles. The molecule has 0 fully saturated rings. The molecule has 7 heteroatoms. The van der Waals surface area contributed by atoms with E-state index in [1.165, 1.54) is 0 Å². The maximum absolute atomic E-state index is 12.3. The number of hydrogen-bond donors (Lipinski definition) is 2. The Balaban J connectivity index is 2.16. The summed E-state index contributed by atoms with van der Waals surface area (Å²) in [6.07, 6.45) is 1.60. The van der Waals surface area contributed by atoms with Gasteiger partial charge in [-0.25, -0.2) is 13.1 Å². The van der Waals surface area contributed by atoms with Crippen LogP contribution in [0, 0.1) is 0 Å². The summed E-state index contributed by atoms with van der Waals surface area (Å²) < 4.78 is 29.0. The molecule has 1 aromatic heterocycles. The van der Waals surface area contributed by atoms with E-state index in [0.29, 0.717) is 18.1 Å². The first kappa shape index (κ1) is 16.0. The molecule has 3 N–H and O–H groups in total. The molecular weight excluding hydrogens is 310 g/mol. The van der Waals surface area contributed by atoms with E-state index in [4.69, 9.17) is 17.3 Å². The highest BCUT2D eigenvalue weighted by molar-refractivity contribution is 7.89. The Morgan fingerprint density at radius 1 is 1.33 bits per heavy atom. The zero-order valence-corrected chi connectivity index (χ0v) is 13.3. The van der Waals surface area contributed by atoms with Crippen LogP contribution in [0.1, 0.15) is 18.2 Å². The molecule has 0 atom stereocenters.